The molecule has 0 aliphatic heterocycles. The predicted octanol–water partition coefficient (Wildman–Crippen LogP) is 1.93. The van der Waals surface area contributed by atoms with Crippen molar-refractivity contribution in [2.75, 3.05) is 44.7 Å². The summed E-state index contributed by atoms with van der Waals surface area (Å²) in [7, 11) is 0. The van der Waals surface area contributed by atoms with Gasteiger partial charge < -0.3 is 25.8 Å². The fraction of sp³-hybridized carbons (Fsp3) is 0.381. The second-order valence-corrected chi connectivity index (χ2v) is 6.77. The Hall–Kier alpha value is -3.17. The van der Waals surface area contributed by atoms with Crippen LogP contribution >= 0.6 is 0 Å². The summed E-state index contributed by atoms with van der Waals surface area (Å²) in [6, 6.07) is 5.79. The molecule has 2 aromatic heterocycles. The van der Waals surface area contributed by atoms with Crippen molar-refractivity contribution in [2.24, 2.45) is 10.7 Å². The number of likely N-dealkylation sites (N-methyl/N-ethyl adjacent to an activating group) is 1. The number of hydrogen-bond acceptors (Lipinski definition) is 8. The van der Waals surface area contributed by atoms with E-state index in [1.807, 2.05) is 24.4 Å². The molecular weight excluding hydrogens is 382 g/mol. The van der Waals surface area contributed by atoms with E-state index in [-0.39, 0.29) is 18.9 Å². The highest BCUT2D eigenvalue weighted by atomic mass is 16.5. The van der Waals surface area contributed by atoms with Crippen LogP contribution < -0.4 is 11.1 Å². The van der Waals surface area contributed by atoms with E-state index in [9.17, 15) is 0 Å². The minimum Gasteiger partial charge on any atom is -0.489 e. The molecule has 1 aliphatic rings. The Morgan fingerprint density at radius 2 is 2.10 bits per heavy atom. The van der Waals surface area contributed by atoms with Gasteiger partial charge in [0.1, 0.15) is 18.1 Å². The molecule has 160 valence electrons. The van der Waals surface area contributed by atoms with Gasteiger partial charge in [0, 0.05) is 25.4 Å². The monoisotopic (exact) mass is 411 g/mol. The van der Waals surface area contributed by atoms with Crippen LogP contribution in [0.15, 0.2) is 53.0 Å². The molecule has 1 aliphatic carbocycles. The van der Waals surface area contributed by atoms with Crippen molar-refractivity contribution >= 4 is 28.4 Å². The van der Waals surface area contributed by atoms with E-state index in [4.69, 9.17) is 26.0 Å². The average molecular weight is 412 g/mol. The lowest BCUT2D eigenvalue weighted by atomic mass is 10.1. The smallest absolute Gasteiger partial charge is 0.175 e. The van der Waals surface area contributed by atoms with Gasteiger partial charge in [-0.25, -0.2) is 9.51 Å². The number of rotatable bonds is 10. The van der Waals surface area contributed by atoms with E-state index in [1.54, 1.807) is 10.6 Å². The van der Waals surface area contributed by atoms with Crippen LogP contribution in [0.2, 0.25) is 0 Å². The highest BCUT2D eigenvalue weighted by Crippen LogP contribution is 2.31. The average Bonchev–Trinajstić information content (AvgIpc) is 3.09. The summed E-state index contributed by atoms with van der Waals surface area (Å²) in [6.45, 7) is 7.87. The normalized spacial score (nSPS) is 15.6. The number of aliphatic hydroxyl groups is 1. The molecule has 3 rings (SSSR count). The highest BCUT2D eigenvalue weighted by Gasteiger charge is 2.18. The van der Waals surface area contributed by atoms with Crippen LogP contribution in [-0.2, 0) is 4.74 Å². The summed E-state index contributed by atoms with van der Waals surface area (Å²) >= 11 is 0. The van der Waals surface area contributed by atoms with Crippen molar-refractivity contribution in [1.82, 2.24) is 14.5 Å². The van der Waals surface area contributed by atoms with Crippen LogP contribution in [0.5, 0.6) is 0 Å². The first-order chi connectivity index (χ1) is 14.6. The van der Waals surface area contributed by atoms with Gasteiger partial charge in [0.2, 0.25) is 0 Å². The van der Waals surface area contributed by atoms with Gasteiger partial charge in [-0.2, -0.15) is 0 Å². The van der Waals surface area contributed by atoms with E-state index in [0.29, 0.717) is 28.7 Å². The second-order valence-electron chi connectivity index (χ2n) is 6.77. The third-order valence-electron chi connectivity index (χ3n) is 4.84. The number of nitrogens with one attached hydrogen (secondary N) is 2. The molecule has 0 aromatic carbocycles. The molecule has 2 aromatic rings. The molecule has 9 nitrogen and oxygen atoms in total. The summed E-state index contributed by atoms with van der Waals surface area (Å²) < 4.78 is 7.21. The molecule has 0 bridgehead atoms. The van der Waals surface area contributed by atoms with Crippen LogP contribution in [0.1, 0.15) is 13.8 Å². The van der Waals surface area contributed by atoms with Gasteiger partial charge in [-0.3, -0.25) is 5.41 Å². The third kappa shape index (κ3) is 4.87. The Morgan fingerprint density at radius 1 is 1.30 bits per heavy atom. The maximum absolute atomic E-state index is 9.00. The molecule has 0 saturated heterocycles. The van der Waals surface area contributed by atoms with E-state index < -0.39 is 0 Å². The fourth-order valence-corrected chi connectivity index (χ4v) is 3.17. The van der Waals surface area contributed by atoms with Gasteiger partial charge in [0.25, 0.3) is 0 Å². The summed E-state index contributed by atoms with van der Waals surface area (Å²) in [5.74, 6) is 0.991. The van der Waals surface area contributed by atoms with E-state index >= 15 is 0 Å². The molecule has 0 unspecified atom stereocenters. The van der Waals surface area contributed by atoms with Gasteiger partial charge in [-0.15, -0.1) is 5.10 Å². The predicted molar refractivity (Wildman–Crippen MR) is 120 cm³/mol. The number of anilines is 1. The minimum absolute atomic E-state index is 0.101. The maximum Gasteiger partial charge on any atom is 0.175 e. The molecular formula is C21H29N7O2. The molecule has 0 fully saturated rings. The highest BCUT2D eigenvalue weighted by molar-refractivity contribution is 6.22. The zero-order valence-corrected chi connectivity index (χ0v) is 17.4. The largest absolute Gasteiger partial charge is 0.489 e. The van der Waals surface area contributed by atoms with Gasteiger partial charge in [0.05, 0.1) is 29.2 Å². The van der Waals surface area contributed by atoms with Crippen molar-refractivity contribution in [3.05, 3.63) is 48.0 Å². The number of aromatic nitrogens is 2. The van der Waals surface area contributed by atoms with Crippen LogP contribution in [0.25, 0.3) is 5.52 Å². The molecule has 0 amide bonds. The van der Waals surface area contributed by atoms with Crippen LogP contribution in [0.3, 0.4) is 0 Å². The standard InChI is InChI=1S/C21H29N7O2/c1-3-27(4-2)10-8-24-21-20(18-7-5-6-9-28(18)26-21)25-17-14-19(30-12-11-29)16(23)13-15(17)22/h5-7,9,13-14,23,29H,3-4,8,10-12,22H2,1-2H3,(H,24,26)/b23-16?,25-17+. The summed E-state index contributed by atoms with van der Waals surface area (Å²) in [5.41, 5.74) is 8.67. The van der Waals surface area contributed by atoms with Crippen LogP contribution in [0, 0.1) is 5.41 Å². The molecule has 2 heterocycles. The Balaban J connectivity index is 1.94. The van der Waals surface area contributed by atoms with E-state index in [1.165, 1.54) is 6.08 Å². The van der Waals surface area contributed by atoms with Crippen LogP contribution in [-0.4, -0.2) is 70.4 Å². The molecule has 30 heavy (non-hydrogen) atoms. The van der Waals surface area contributed by atoms with E-state index in [2.05, 4.69) is 29.2 Å². The zero-order chi connectivity index (χ0) is 21.5. The number of allylic oxidation sites excluding steroid dienone is 2. The lowest BCUT2D eigenvalue weighted by Crippen LogP contribution is -2.28. The van der Waals surface area contributed by atoms with Crippen molar-refractivity contribution in [2.45, 2.75) is 13.8 Å². The van der Waals surface area contributed by atoms with Crippen molar-refractivity contribution in [1.29, 1.82) is 5.41 Å². The fourth-order valence-electron chi connectivity index (χ4n) is 3.17. The van der Waals surface area contributed by atoms with Crippen molar-refractivity contribution in [3.63, 3.8) is 0 Å². The number of aliphatic hydroxyl groups excluding tert-OH is 1. The third-order valence-corrected chi connectivity index (χ3v) is 4.84. The summed E-state index contributed by atoms with van der Waals surface area (Å²) in [6.07, 6.45) is 5.00. The van der Waals surface area contributed by atoms with E-state index in [0.717, 1.165) is 31.7 Å². The maximum atomic E-state index is 9.00. The topological polar surface area (TPSA) is 124 Å². The molecule has 0 atom stereocenters. The minimum atomic E-state index is -0.134. The zero-order valence-electron chi connectivity index (χ0n) is 17.4. The number of hydrogen-bond donors (Lipinski definition) is 4. The number of nitrogens with zero attached hydrogens (tertiary/aromatic N) is 4. The molecule has 9 heteroatoms. The number of pyridine rings is 1. The molecule has 0 radical (unpaired) electrons. The lowest BCUT2D eigenvalue weighted by molar-refractivity contribution is 0.156. The second kappa shape index (κ2) is 10.0. The molecule has 5 N–H and O–H groups in total. The molecule has 0 saturated carbocycles. The Kier molecular flexibility index (Phi) is 7.21. The van der Waals surface area contributed by atoms with Gasteiger partial charge >= 0.3 is 0 Å². The number of fused-ring (bicyclic) bond motifs is 1. The van der Waals surface area contributed by atoms with Gasteiger partial charge in [-0.05, 0) is 31.3 Å². The Bertz CT molecular complexity index is 986. The first-order valence-corrected chi connectivity index (χ1v) is 10.1. The Labute approximate surface area is 176 Å². The summed E-state index contributed by atoms with van der Waals surface area (Å²) in [4.78, 5) is 7.10. The number of ether oxygens (including phenoxy) is 1. The lowest BCUT2D eigenvalue weighted by Gasteiger charge is -2.18. The first kappa shape index (κ1) is 21.5. The van der Waals surface area contributed by atoms with Gasteiger partial charge in [0.15, 0.2) is 5.82 Å². The Morgan fingerprint density at radius 3 is 2.83 bits per heavy atom. The van der Waals surface area contributed by atoms with Crippen LogP contribution in [0.4, 0.5) is 11.5 Å². The molecule has 0 spiro atoms. The van der Waals surface area contributed by atoms with Crippen molar-refractivity contribution in [3.8, 4) is 0 Å². The SMILES string of the molecule is CCN(CC)CCNc1nn2ccccc2c1/N=C1\C=C(OCCO)C(=N)C=C1N. The first-order valence-electron chi connectivity index (χ1n) is 10.1. The number of nitrogens with two attached hydrogens (primary N) is 1. The van der Waals surface area contributed by atoms with Gasteiger partial charge in [-0.1, -0.05) is 19.9 Å². The summed E-state index contributed by atoms with van der Waals surface area (Å²) in [5, 5.41) is 25.0. The quantitative estimate of drug-likeness (QED) is 0.443. The van der Waals surface area contributed by atoms with Crippen molar-refractivity contribution < 1.29 is 9.84 Å². The number of aliphatic imine (C=N–C) groups is 1.